The van der Waals surface area contributed by atoms with Crippen LogP contribution in [0.1, 0.15) is 0 Å². The molecule has 0 saturated carbocycles. The Kier molecular flexibility index (Phi) is 4.17. The fourth-order valence-electron chi connectivity index (χ4n) is 2.05. The van der Waals surface area contributed by atoms with E-state index in [9.17, 15) is 19.0 Å². The van der Waals surface area contributed by atoms with E-state index < -0.39 is 43.7 Å². The maximum absolute atomic E-state index is 14.1. The average molecular weight is 314 g/mol. The molecule has 0 aromatic carbocycles. The molecule has 2 rings (SSSR count). The van der Waals surface area contributed by atoms with Crippen LogP contribution in [-0.2, 0) is 4.74 Å². The second-order valence-electron chi connectivity index (χ2n) is 4.54. The topological polar surface area (TPSA) is 112 Å². The van der Waals surface area contributed by atoms with E-state index in [1.807, 2.05) is 0 Å². The zero-order chi connectivity index (χ0) is 15.1. The van der Waals surface area contributed by atoms with E-state index in [1.54, 1.807) is 0 Å². The molecular formula is C10H14ClF2N3O4. The summed E-state index contributed by atoms with van der Waals surface area (Å²) in [6.07, 6.45) is -6.06. The number of hydrogen-bond donors (Lipinski definition) is 4. The van der Waals surface area contributed by atoms with Gasteiger partial charge in [0.15, 0.2) is 18.0 Å². The van der Waals surface area contributed by atoms with E-state index in [0.717, 1.165) is 11.1 Å². The van der Waals surface area contributed by atoms with Gasteiger partial charge in [0.1, 0.15) is 18.6 Å². The molecule has 1 fully saturated rings. The molecule has 0 spiro atoms. The minimum Gasteiger partial charge on any atom is -0.393 e. The predicted octanol–water partition coefficient (Wildman–Crippen LogP) is -1.23. The van der Waals surface area contributed by atoms with Crippen molar-refractivity contribution < 1.29 is 28.8 Å². The number of aliphatic hydroxyl groups is 3. The third-order valence-electron chi connectivity index (χ3n) is 3.28. The van der Waals surface area contributed by atoms with Crippen LogP contribution in [0.25, 0.3) is 0 Å². The van der Waals surface area contributed by atoms with Crippen molar-refractivity contribution in [3.63, 3.8) is 0 Å². The third kappa shape index (κ3) is 2.25. The summed E-state index contributed by atoms with van der Waals surface area (Å²) in [7, 11) is 0. The van der Waals surface area contributed by atoms with Crippen molar-refractivity contribution in [3.8, 4) is 0 Å². The van der Waals surface area contributed by atoms with Gasteiger partial charge in [0.05, 0.1) is 11.6 Å². The minimum absolute atomic E-state index is 0.0673. The molecule has 5 N–H and O–H groups in total. The molecule has 1 saturated heterocycles. The first kappa shape index (κ1) is 15.4. The summed E-state index contributed by atoms with van der Waals surface area (Å²) >= 11 is 5.72. The third-order valence-corrected chi connectivity index (χ3v) is 3.58. The van der Waals surface area contributed by atoms with Crippen LogP contribution in [0.15, 0.2) is 16.2 Å². The van der Waals surface area contributed by atoms with Crippen LogP contribution >= 0.6 is 11.6 Å². The van der Waals surface area contributed by atoms with E-state index >= 15 is 0 Å². The molecule has 2 aliphatic rings. The summed E-state index contributed by atoms with van der Waals surface area (Å²) in [5, 5.41) is 28.5. The Hall–Kier alpha value is -1.00. The lowest BCUT2D eigenvalue weighted by molar-refractivity contribution is -0.169. The van der Waals surface area contributed by atoms with Gasteiger partial charge in [-0.25, -0.2) is 13.8 Å². The first-order chi connectivity index (χ1) is 9.36. The Morgan fingerprint density at radius 3 is 2.70 bits per heavy atom. The maximum atomic E-state index is 14.1. The molecular weight excluding hydrogens is 300 g/mol. The molecule has 10 heteroatoms. The van der Waals surface area contributed by atoms with Crippen molar-refractivity contribution in [2.75, 3.05) is 13.3 Å². The summed E-state index contributed by atoms with van der Waals surface area (Å²) in [5.74, 6) is -0.150. The summed E-state index contributed by atoms with van der Waals surface area (Å²) in [4.78, 5) is 4.39. The number of rotatable bonds is 3. The largest absolute Gasteiger partial charge is 0.393 e. The average Bonchev–Trinajstić information content (AvgIpc) is 2.68. The van der Waals surface area contributed by atoms with E-state index in [4.69, 9.17) is 27.2 Å². The van der Waals surface area contributed by atoms with Crippen LogP contribution in [-0.4, -0.2) is 69.8 Å². The quantitative estimate of drug-likeness (QED) is 0.519. The van der Waals surface area contributed by atoms with Gasteiger partial charge >= 0.3 is 0 Å². The zero-order valence-electron chi connectivity index (χ0n) is 10.2. The Balaban J connectivity index is 2.27. The Labute approximate surface area is 117 Å². The van der Waals surface area contributed by atoms with E-state index in [1.165, 1.54) is 0 Å². The van der Waals surface area contributed by atoms with Crippen LogP contribution in [0.3, 0.4) is 0 Å². The molecule has 0 aromatic rings. The van der Waals surface area contributed by atoms with Gasteiger partial charge in [-0.15, -0.1) is 0 Å². The van der Waals surface area contributed by atoms with Crippen molar-refractivity contribution in [3.05, 3.63) is 11.2 Å². The normalized spacial score (nSPS) is 41.6. The lowest BCUT2D eigenvalue weighted by atomic mass is 9.98. The summed E-state index contributed by atoms with van der Waals surface area (Å²) in [6, 6.07) is 0. The van der Waals surface area contributed by atoms with Gasteiger partial charge in [-0.05, 0) is 0 Å². The molecule has 5 atom stereocenters. The molecule has 0 aliphatic carbocycles. The van der Waals surface area contributed by atoms with Crippen LogP contribution in [0, 0.1) is 0 Å². The van der Waals surface area contributed by atoms with Gasteiger partial charge in [-0.1, -0.05) is 11.6 Å². The van der Waals surface area contributed by atoms with Gasteiger partial charge < -0.3 is 30.7 Å². The van der Waals surface area contributed by atoms with Crippen molar-refractivity contribution in [2.45, 2.75) is 30.5 Å². The Morgan fingerprint density at radius 2 is 2.20 bits per heavy atom. The first-order valence-corrected chi connectivity index (χ1v) is 6.07. The number of nitrogens with two attached hydrogens (primary N) is 1. The van der Waals surface area contributed by atoms with E-state index in [-0.39, 0.29) is 10.9 Å². The summed E-state index contributed by atoms with van der Waals surface area (Å²) < 4.78 is 32.1. The SMILES string of the molecule is NC1=NC(O)N([C@@H]2O[C@@](CO)(CF)[C@@H](O)[C@@H]2F)C=C1Cl. The minimum atomic E-state index is -2.09. The second kappa shape index (κ2) is 5.41. The van der Waals surface area contributed by atoms with Crippen LogP contribution in [0.5, 0.6) is 0 Å². The summed E-state index contributed by atoms with van der Waals surface area (Å²) in [5.41, 5.74) is 3.29. The van der Waals surface area contributed by atoms with E-state index in [2.05, 4.69) is 4.99 Å². The van der Waals surface area contributed by atoms with Crippen LogP contribution in [0.2, 0.25) is 0 Å². The molecule has 0 radical (unpaired) electrons. The van der Waals surface area contributed by atoms with Gasteiger partial charge in [-0.2, -0.15) is 0 Å². The fraction of sp³-hybridized carbons (Fsp3) is 0.700. The first-order valence-electron chi connectivity index (χ1n) is 5.69. The molecule has 7 nitrogen and oxygen atoms in total. The van der Waals surface area contributed by atoms with Gasteiger partial charge in [0.2, 0.25) is 6.35 Å². The van der Waals surface area contributed by atoms with Crippen LogP contribution in [0.4, 0.5) is 8.78 Å². The second-order valence-corrected chi connectivity index (χ2v) is 4.95. The van der Waals surface area contributed by atoms with Crippen LogP contribution < -0.4 is 5.73 Å². The van der Waals surface area contributed by atoms with E-state index in [0.29, 0.717) is 0 Å². The van der Waals surface area contributed by atoms with Gasteiger partial charge in [0, 0.05) is 6.20 Å². The molecule has 20 heavy (non-hydrogen) atoms. The number of aliphatic imine (C=N–C) groups is 1. The number of ether oxygens (including phenoxy) is 1. The molecule has 0 aromatic heterocycles. The number of halogens is 3. The number of nitrogens with zero attached hydrogens (tertiary/aromatic N) is 2. The number of hydrogen-bond acceptors (Lipinski definition) is 7. The number of amidine groups is 1. The molecule has 0 bridgehead atoms. The molecule has 0 amide bonds. The van der Waals surface area contributed by atoms with Crippen molar-refractivity contribution >= 4 is 17.4 Å². The number of alkyl halides is 2. The molecule has 2 aliphatic heterocycles. The fourth-order valence-corrected chi connectivity index (χ4v) is 2.21. The maximum Gasteiger partial charge on any atom is 0.229 e. The Bertz CT molecular complexity index is 446. The lowest BCUT2D eigenvalue weighted by Gasteiger charge is -2.34. The van der Waals surface area contributed by atoms with Crippen molar-refractivity contribution in [2.24, 2.45) is 10.7 Å². The highest BCUT2D eigenvalue weighted by molar-refractivity contribution is 6.43. The van der Waals surface area contributed by atoms with Gasteiger partial charge in [0.25, 0.3) is 0 Å². The number of aliphatic hydroxyl groups excluding tert-OH is 3. The Morgan fingerprint density at radius 1 is 1.55 bits per heavy atom. The molecule has 114 valence electrons. The predicted molar refractivity (Wildman–Crippen MR) is 65.0 cm³/mol. The summed E-state index contributed by atoms with van der Waals surface area (Å²) in [6.45, 7) is -2.22. The molecule has 1 unspecified atom stereocenters. The highest BCUT2D eigenvalue weighted by Gasteiger charge is 2.57. The highest BCUT2D eigenvalue weighted by atomic mass is 35.5. The lowest BCUT2D eigenvalue weighted by Crippen LogP contribution is -2.47. The monoisotopic (exact) mass is 313 g/mol. The highest BCUT2D eigenvalue weighted by Crippen LogP contribution is 2.37. The van der Waals surface area contributed by atoms with Gasteiger partial charge in [-0.3, -0.25) is 0 Å². The molecule has 2 heterocycles. The standard InChI is InChI=1S/C10H14ClF2N3O4/c11-4-1-16(9(19)15-7(4)14)8-5(13)6(18)10(2-12,3-17)20-8/h1,5-6,8-9,17-19H,2-3H2,(H2,14,15)/t5-,6-,8+,9?,10+/m0/s1. The smallest absolute Gasteiger partial charge is 0.229 e. The zero-order valence-corrected chi connectivity index (χ0v) is 10.9. The van der Waals surface area contributed by atoms with Crippen molar-refractivity contribution in [1.29, 1.82) is 0 Å². The van der Waals surface area contributed by atoms with Crippen molar-refractivity contribution in [1.82, 2.24) is 4.90 Å².